The lowest BCUT2D eigenvalue weighted by Gasteiger charge is -2.28. The molecule has 1 aromatic rings. The standard InChI is InChI=1S/C11H17N3OS2/c1-4-11(5-2,8(12)16)9(15)14-10-13-6-7(3)17-10/h6H,4-5H2,1-3H3,(H2,12,16)(H,13,14,15). The van der Waals surface area contributed by atoms with E-state index < -0.39 is 5.41 Å². The van der Waals surface area contributed by atoms with Crippen LogP contribution < -0.4 is 11.1 Å². The lowest BCUT2D eigenvalue weighted by molar-refractivity contribution is -0.122. The Morgan fingerprint density at radius 3 is 2.53 bits per heavy atom. The highest BCUT2D eigenvalue weighted by Crippen LogP contribution is 2.29. The van der Waals surface area contributed by atoms with Gasteiger partial charge in [0.2, 0.25) is 5.91 Å². The van der Waals surface area contributed by atoms with Crippen LogP contribution in [0.2, 0.25) is 0 Å². The summed E-state index contributed by atoms with van der Waals surface area (Å²) in [7, 11) is 0. The third kappa shape index (κ3) is 2.81. The third-order valence-corrected chi connectivity index (χ3v) is 4.17. The van der Waals surface area contributed by atoms with Crippen LogP contribution in [0.1, 0.15) is 31.6 Å². The Hall–Kier alpha value is -1.01. The van der Waals surface area contributed by atoms with Gasteiger partial charge in [0.15, 0.2) is 5.13 Å². The largest absolute Gasteiger partial charge is 0.392 e. The number of carbonyl (C=O) groups is 1. The number of aromatic nitrogens is 1. The van der Waals surface area contributed by atoms with Crippen molar-refractivity contribution in [1.82, 2.24) is 4.98 Å². The molecule has 0 atom stereocenters. The smallest absolute Gasteiger partial charge is 0.239 e. The minimum Gasteiger partial charge on any atom is -0.392 e. The molecule has 0 fully saturated rings. The SMILES string of the molecule is CCC(CC)(C(=O)Nc1ncc(C)s1)C(N)=S. The molecule has 17 heavy (non-hydrogen) atoms. The van der Waals surface area contributed by atoms with Gasteiger partial charge < -0.3 is 11.1 Å². The van der Waals surface area contributed by atoms with Crippen LogP contribution in [0.25, 0.3) is 0 Å². The summed E-state index contributed by atoms with van der Waals surface area (Å²) in [4.78, 5) is 17.6. The second kappa shape index (κ2) is 5.55. The van der Waals surface area contributed by atoms with E-state index in [1.807, 2.05) is 20.8 Å². The minimum absolute atomic E-state index is 0.163. The molecule has 0 aromatic carbocycles. The number of nitrogens with one attached hydrogen (secondary N) is 1. The van der Waals surface area contributed by atoms with Crippen LogP contribution in [0.5, 0.6) is 0 Å². The van der Waals surface area contributed by atoms with Crippen LogP contribution in [0.3, 0.4) is 0 Å². The highest BCUT2D eigenvalue weighted by Gasteiger charge is 2.38. The molecule has 0 unspecified atom stereocenters. The second-order valence-corrected chi connectivity index (χ2v) is 5.56. The molecule has 1 rings (SSSR count). The molecule has 0 bridgehead atoms. The topological polar surface area (TPSA) is 68.0 Å². The summed E-state index contributed by atoms with van der Waals surface area (Å²) in [5.41, 5.74) is 4.94. The van der Waals surface area contributed by atoms with Gasteiger partial charge in [-0.1, -0.05) is 26.1 Å². The van der Waals surface area contributed by atoms with E-state index in [0.29, 0.717) is 18.0 Å². The van der Waals surface area contributed by atoms with Gasteiger partial charge in [-0.2, -0.15) is 0 Å². The van der Waals surface area contributed by atoms with Crippen LogP contribution in [-0.2, 0) is 4.79 Å². The van der Waals surface area contributed by atoms with E-state index in [4.69, 9.17) is 18.0 Å². The Morgan fingerprint density at radius 2 is 2.18 bits per heavy atom. The first-order valence-electron chi connectivity index (χ1n) is 5.50. The van der Waals surface area contributed by atoms with Crippen molar-refractivity contribution in [1.29, 1.82) is 0 Å². The maximum atomic E-state index is 12.2. The summed E-state index contributed by atoms with van der Waals surface area (Å²) in [6.45, 7) is 5.76. The van der Waals surface area contributed by atoms with Gasteiger partial charge in [0.25, 0.3) is 0 Å². The maximum absolute atomic E-state index is 12.2. The molecule has 1 aromatic heterocycles. The molecule has 1 amide bonds. The molecule has 1 heterocycles. The zero-order valence-electron chi connectivity index (χ0n) is 10.2. The molecule has 94 valence electrons. The minimum atomic E-state index is -0.769. The van der Waals surface area contributed by atoms with Crippen molar-refractivity contribution < 1.29 is 4.79 Å². The van der Waals surface area contributed by atoms with E-state index in [9.17, 15) is 4.79 Å². The molecule has 0 saturated heterocycles. The van der Waals surface area contributed by atoms with Gasteiger partial charge in [-0.15, -0.1) is 11.3 Å². The van der Waals surface area contributed by atoms with E-state index in [1.165, 1.54) is 11.3 Å². The Morgan fingerprint density at radius 1 is 1.59 bits per heavy atom. The van der Waals surface area contributed by atoms with Crippen LogP contribution in [-0.4, -0.2) is 15.9 Å². The predicted molar refractivity (Wildman–Crippen MR) is 75.3 cm³/mol. The van der Waals surface area contributed by atoms with Crippen molar-refractivity contribution >= 4 is 39.6 Å². The molecular weight excluding hydrogens is 254 g/mol. The van der Waals surface area contributed by atoms with Crippen LogP contribution in [0.15, 0.2) is 6.20 Å². The summed E-state index contributed by atoms with van der Waals surface area (Å²) in [6, 6.07) is 0. The quantitative estimate of drug-likeness (QED) is 0.807. The lowest BCUT2D eigenvalue weighted by atomic mass is 9.81. The number of nitrogens with zero attached hydrogens (tertiary/aromatic N) is 1. The molecule has 4 nitrogen and oxygen atoms in total. The molecule has 0 spiro atoms. The Kier molecular flexibility index (Phi) is 4.59. The van der Waals surface area contributed by atoms with Crippen LogP contribution in [0.4, 0.5) is 5.13 Å². The van der Waals surface area contributed by atoms with Crippen LogP contribution in [0, 0.1) is 12.3 Å². The Bertz CT molecular complexity index is 424. The van der Waals surface area contributed by atoms with Crippen molar-refractivity contribution in [2.24, 2.45) is 11.1 Å². The van der Waals surface area contributed by atoms with Crippen molar-refractivity contribution in [3.05, 3.63) is 11.1 Å². The molecular formula is C11H17N3OS2. The van der Waals surface area contributed by atoms with E-state index in [-0.39, 0.29) is 10.9 Å². The van der Waals surface area contributed by atoms with Crippen molar-refractivity contribution in [2.75, 3.05) is 5.32 Å². The molecule has 6 heteroatoms. The highest BCUT2D eigenvalue weighted by molar-refractivity contribution is 7.80. The van der Waals surface area contributed by atoms with E-state index in [1.54, 1.807) is 6.20 Å². The number of nitrogens with two attached hydrogens (primary N) is 1. The van der Waals surface area contributed by atoms with Crippen molar-refractivity contribution in [3.8, 4) is 0 Å². The molecule has 0 aliphatic rings. The fraction of sp³-hybridized carbons (Fsp3) is 0.545. The van der Waals surface area contributed by atoms with Gasteiger partial charge in [-0.25, -0.2) is 4.98 Å². The first-order chi connectivity index (χ1) is 7.96. The molecule has 0 saturated carbocycles. The number of hydrogen-bond donors (Lipinski definition) is 2. The maximum Gasteiger partial charge on any atom is 0.239 e. The van der Waals surface area contributed by atoms with Gasteiger partial charge in [0, 0.05) is 11.1 Å². The molecule has 0 aliphatic heterocycles. The zero-order chi connectivity index (χ0) is 13.1. The number of aryl methyl sites for hydroxylation is 1. The lowest BCUT2D eigenvalue weighted by Crippen LogP contribution is -2.45. The fourth-order valence-electron chi connectivity index (χ4n) is 1.66. The number of hydrogen-bond acceptors (Lipinski definition) is 4. The zero-order valence-corrected chi connectivity index (χ0v) is 11.9. The predicted octanol–water partition coefficient (Wildman–Crippen LogP) is 2.48. The molecule has 0 aliphatic carbocycles. The van der Waals surface area contributed by atoms with Gasteiger partial charge in [0.1, 0.15) is 0 Å². The van der Waals surface area contributed by atoms with E-state index >= 15 is 0 Å². The summed E-state index contributed by atoms with van der Waals surface area (Å²) in [5, 5.41) is 3.38. The Balaban J connectivity index is 2.90. The monoisotopic (exact) mass is 271 g/mol. The number of anilines is 1. The fourth-order valence-corrected chi connectivity index (χ4v) is 2.70. The average molecular weight is 271 g/mol. The van der Waals surface area contributed by atoms with Gasteiger partial charge in [-0.3, -0.25) is 4.79 Å². The van der Waals surface area contributed by atoms with E-state index in [0.717, 1.165) is 4.88 Å². The molecule has 3 N–H and O–H groups in total. The van der Waals surface area contributed by atoms with E-state index in [2.05, 4.69) is 10.3 Å². The van der Waals surface area contributed by atoms with Gasteiger partial charge in [-0.05, 0) is 19.8 Å². The first kappa shape index (κ1) is 14.1. The van der Waals surface area contributed by atoms with Crippen molar-refractivity contribution in [3.63, 3.8) is 0 Å². The number of amides is 1. The third-order valence-electron chi connectivity index (χ3n) is 2.96. The van der Waals surface area contributed by atoms with Crippen LogP contribution >= 0.6 is 23.6 Å². The van der Waals surface area contributed by atoms with Gasteiger partial charge >= 0.3 is 0 Å². The number of thiocarbonyl (C=S) groups is 1. The number of carbonyl (C=O) groups excluding carboxylic acids is 1. The summed E-state index contributed by atoms with van der Waals surface area (Å²) < 4.78 is 0. The average Bonchev–Trinajstić information content (AvgIpc) is 2.66. The van der Waals surface area contributed by atoms with Gasteiger partial charge in [0.05, 0.1) is 10.4 Å². The first-order valence-corrected chi connectivity index (χ1v) is 6.72. The molecule has 0 radical (unpaired) electrons. The summed E-state index contributed by atoms with van der Waals surface area (Å²) in [6.07, 6.45) is 2.91. The number of thiazole rings is 1. The highest BCUT2D eigenvalue weighted by atomic mass is 32.1. The second-order valence-electron chi connectivity index (χ2n) is 3.88. The summed E-state index contributed by atoms with van der Waals surface area (Å²) in [5.74, 6) is -0.163. The number of rotatable bonds is 5. The summed E-state index contributed by atoms with van der Waals surface area (Å²) >= 11 is 6.46. The Labute approximate surface area is 111 Å². The normalized spacial score (nSPS) is 11.2. The van der Waals surface area contributed by atoms with Crippen molar-refractivity contribution in [2.45, 2.75) is 33.6 Å².